The molecular weight excluding hydrogens is 689 g/mol. The Bertz CT molecular complexity index is 2710. The van der Waals surface area contributed by atoms with Crippen LogP contribution in [0.25, 0.3) is 61.7 Å². The van der Waals surface area contributed by atoms with Crippen molar-refractivity contribution in [2.45, 2.75) is 62.7 Å². The molecule has 2 unspecified atom stereocenters. The van der Waals surface area contributed by atoms with E-state index in [0.717, 1.165) is 33.9 Å². The van der Waals surface area contributed by atoms with E-state index in [-0.39, 0.29) is 10.8 Å². The monoisotopic (exact) mass is 734 g/mol. The number of rotatable bonds is 5. The van der Waals surface area contributed by atoms with Crippen LogP contribution in [0.1, 0.15) is 74.1 Å². The SMILES string of the molecule is CC1(C)C2=CC3c4ccccc4C4(CCCCC4)C3C=C2c2ccc(-c3ccc(-c4cc(-c5ccc(-c6ccccc6)cc5)nc(-c5ccccc5)n4)cc3)cc21. The minimum atomic E-state index is -0.0656. The summed E-state index contributed by atoms with van der Waals surface area (Å²) in [7, 11) is 0. The molecule has 4 aliphatic carbocycles. The normalized spacial score (nSPS) is 19.5. The lowest BCUT2D eigenvalue weighted by molar-refractivity contribution is 0.233. The second kappa shape index (κ2) is 13.2. The average molecular weight is 735 g/mol. The summed E-state index contributed by atoms with van der Waals surface area (Å²) in [5, 5.41) is 0. The number of benzene rings is 6. The molecule has 2 heteroatoms. The van der Waals surface area contributed by atoms with Crippen LogP contribution in [0, 0.1) is 5.92 Å². The largest absolute Gasteiger partial charge is 0.228 e. The van der Waals surface area contributed by atoms with Gasteiger partial charge in [0.2, 0.25) is 0 Å². The summed E-state index contributed by atoms with van der Waals surface area (Å²) in [5.74, 6) is 1.74. The van der Waals surface area contributed by atoms with Crippen LogP contribution in [-0.4, -0.2) is 9.97 Å². The molecule has 4 aliphatic rings. The maximum Gasteiger partial charge on any atom is 0.160 e. The molecule has 0 radical (unpaired) electrons. The van der Waals surface area contributed by atoms with E-state index in [0.29, 0.717) is 11.8 Å². The summed E-state index contributed by atoms with van der Waals surface area (Å²) in [4.78, 5) is 10.2. The van der Waals surface area contributed by atoms with E-state index in [4.69, 9.17) is 9.97 Å². The quantitative estimate of drug-likeness (QED) is 0.176. The van der Waals surface area contributed by atoms with Crippen molar-refractivity contribution in [2.75, 3.05) is 0 Å². The Morgan fingerprint density at radius 1 is 0.474 bits per heavy atom. The molecule has 1 fully saturated rings. The molecule has 1 saturated carbocycles. The predicted octanol–water partition coefficient (Wildman–Crippen LogP) is 14.0. The zero-order valence-electron chi connectivity index (χ0n) is 32.8. The molecule has 11 rings (SSSR count). The van der Waals surface area contributed by atoms with Crippen LogP contribution < -0.4 is 0 Å². The van der Waals surface area contributed by atoms with Crippen molar-refractivity contribution in [1.29, 1.82) is 0 Å². The first-order valence-corrected chi connectivity index (χ1v) is 20.9. The van der Waals surface area contributed by atoms with Crippen molar-refractivity contribution in [3.63, 3.8) is 0 Å². The number of nitrogens with zero attached hydrogens (tertiary/aromatic N) is 2. The fourth-order valence-electron chi connectivity index (χ4n) is 10.9. The minimum absolute atomic E-state index is 0.0656. The lowest BCUT2D eigenvalue weighted by atomic mass is 9.62. The Labute approximate surface area is 336 Å². The number of allylic oxidation sites excluding steroid dienone is 4. The summed E-state index contributed by atoms with van der Waals surface area (Å²) in [6.45, 7) is 4.88. The Balaban J connectivity index is 0.932. The van der Waals surface area contributed by atoms with E-state index in [1.54, 1.807) is 11.1 Å². The van der Waals surface area contributed by atoms with Crippen molar-refractivity contribution >= 4 is 5.57 Å². The predicted molar refractivity (Wildman–Crippen MR) is 236 cm³/mol. The Morgan fingerprint density at radius 2 is 1.02 bits per heavy atom. The molecule has 2 atom stereocenters. The summed E-state index contributed by atoms with van der Waals surface area (Å²) >= 11 is 0. The van der Waals surface area contributed by atoms with Crippen LogP contribution >= 0.6 is 0 Å². The molecule has 0 bridgehead atoms. The third-order valence-corrected chi connectivity index (χ3v) is 13.8. The van der Waals surface area contributed by atoms with Gasteiger partial charge in [0.25, 0.3) is 0 Å². The first-order valence-electron chi connectivity index (χ1n) is 20.9. The summed E-state index contributed by atoms with van der Waals surface area (Å²) in [6, 6.07) is 57.3. The molecule has 57 heavy (non-hydrogen) atoms. The van der Waals surface area contributed by atoms with Crippen LogP contribution in [0.2, 0.25) is 0 Å². The van der Waals surface area contributed by atoms with Gasteiger partial charge in [-0.05, 0) is 86.5 Å². The molecule has 0 aliphatic heterocycles. The van der Waals surface area contributed by atoms with Gasteiger partial charge in [0.1, 0.15) is 0 Å². The number of fused-ring (bicyclic) bond motifs is 8. The highest BCUT2D eigenvalue weighted by atomic mass is 14.9. The summed E-state index contributed by atoms with van der Waals surface area (Å²) in [6.07, 6.45) is 12.1. The second-order valence-electron chi connectivity index (χ2n) is 17.3. The zero-order chi connectivity index (χ0) is 38.1. The molecule has 6 aromatic carbocycles. The van der Waals surface area contributed by atoms with Crippen LogP contribution in [-0.2, 0) is 10.8 Å². The Hall–Kier alpha value is -6.12. The topological polar surface area (TPSA) is 25.8 Å². The molecule has 276 valence electrons. The van der Waals surface area contributed by atoms with E-state index >= 15 is 0 Å². The van der Waals surface area contributed by atoms with Gasteiger partial charge in [0.05, 0.1) is 11.4 Å². The third-order valence-electron chi connectivity index (χ3n) is 13.8. The van der Waals surface area contributed by atoms with Crippen LogP contribution in [0.15, 0.2) is 175 Å². The van der Waals surface area contributed by atoms with Crippen molar-refractivity contribution in [3.05, 3.63) is 198 Å². The van der Waals surface area contributed by atoms with Gasteiger partial charge in [-0.15, -0.1) is 0 Å². The third kappa shape index (κ3) is 5.52. The zero-order valence-corrected chi connectivity index (χ0v) is 32.8. The average Bonchev–Trinajstić information content (AvgIpc) is 3.66. The van der Waals surface area contributed by atoms with E-state index in [1.165, 1.54) is 76.6 Å². The fraction of sp³-hybridized carbons (Fsp3) is 0.200. The molecule has 1 heterocycles. The summed E-state index contributed by atoms with van der Waals surface area (Å²) < 4.78 is 0. The molecule has 0 N–H and O–H groups in total. The minimum Gasteiger partial charge on any atom is -0.228 e. The van der Waals surface area contributed by atoms with Crippen LogP contribution in [0.3, 0.4) is 0 Å². The highest BCUT2D eigenvalue weighted by Crippen LogP contribution is 2.63. The van der Waals surface area contributed by atoms with Gasteiger partial charge >= 0.3 is 0 Å². The van der Waals surface area contributed by atoms with E-state index in [2.05, 4.69) is 166 Å². The first kappa shape index (κ1) is 34.2. The van der Waals surface area contributed by atoms with Gasteiger partial charge in [0.15, 0.2) is 5.82 Å². The van der Waals surface area contributed by atoms with Gasteiger partial charge in [-0.2, -0.15) is 0 Å². The van der Waals surface area contributed by atoms with Crippen molar-refractivity contribution in [2.24, 2.45) is 5.92 Å². The highest BCUT2D eigenvalue weighted by Gasteiger charge is 2.53. The fourth-order valence-corrected chi connectivity index (χ4v) is 10.9. The maximum absolute atomic E-state index is 5.12. The Morgan fingerprint density at radius 3 is 1.68 bits per heavy atom. The smallest absolute Gasteiger partial charge is 0.160 e. The lowest BCUT2D eigenvalue weighted by Gasteiger charge is -2.41. The van der Waals surface area contributed by atoms with E-state index < -0.39 is 0 Å². The highest BCUT2D eigenvalue weighted by molar-refractivity contribution is 5.92. The van der Waals surface area contributed by atoms with Gasteiger partial charge in [-0.25, -0.2) is 9.97 Å². The van der Waals surface area contributed by atoms with Crippen molar-refractivity contribution in [3.8, 4) is 56.2 Å². The molecule has 7 aromatic rings. The number of hydrogen-bond acceptors (Lipinski definition) is 2. The molecule has 2 nitrogen and oxygen atoms in total. The lowest BCUT2D eigenvalue weighted by Crippen LogP contribution is -2.35. The molecule has 0 saturated heterocycles. The van der Waals surface area contributed by atoms with E-state index in [1.807, 2.05) is 18.2 Å². The van der Waals surface area contributed by atoms with Gasteiger partial charge in [0, 0.05) is 33.4 Å². The van der Waals surface area contributed by atoms with Crippen molar-refractivity contribution < 1.29 is 0 Å². The van der Waals surface area contributed by atoms with Gasteiger partial charge in [-0.3, -0.25) is 0 Å². The van der Waals surface area contributed by atoms with Gasteiger partial charge < -0.3 is 0 Å². The van der Waals surface area contributed by atoms with Crippen molar-refractivity contribution in [1.82, 2.24) is 9.97 Å². The molecule has 1 spiro atoms. The number of hydrogen-bond donors (Lipinski definition) is 0. The Kier molecular flexibility index (Phi) is 7.93. The molecule has 0 amide bonds. The summed E-state index contributed by atoms with van der Waals surface area (Å²) in [5.41, 5.74) is 19.1. The van der Waals surface area contributed by atoms with Gasteiger partial charge in [-0.1, -0.05) is 191 Å². The molecular formula is C55H46N2. The first-order chi connectivity index (χ1) is 28.0. The van der Waals surface area contributed by atoms with Crippen LogP contribution in [0.5, 0.6) is 0 Å². The number of aromatic nitrogens is 2. The maximum atomic E-state index is 5.12. The van der Waals surface area contributed by atoms with E-state index in [9.17, 15) is 0 Å². The second-order valence-corrected chi connectivity index (χ2v) is 17.3. The molecule has 1 aromatic heterocycles. The van der Waals surface area contributed by atoms with Crippen LogP contribution in [0.4, 0.5) is 0 Å². The standard InChI is InChI=1S/C55H46N2/c1-54(2)48-32-42(28-29-44(48)45-34-50-46(33-49(45)54)43-18-10-11-19-47(43)55(50)30-12-5-13-31-55)38-22-26-40(27-23-38)52-35-51(56-53(57-52)41-16-8-4-9-17-41)39-24-20-37(21-25-39)36-14-6-3-7-15-36/h3-4,6-11,14-29,32-35,46,50H,5,12-13,30-31H2,1-2H3.